The minimum Gasteiger partial charge on any atom is -0.495 e. The van der Waals surface area contributed by atoms with E-state index >= 15 is 0 Å². The molecule has 0 atom stereocenters. The van der Waals surface area contributed by atoms with Crippen molar-refractivity contribution in [1.29, 1.82) is 0 Å². The quantitative estimate of drug-likeness (QED) is 0.939. The molecule has 110 valence electrons. The largest absolute Gasteiger partial charge is 0.495 e. The van der Waals surface area contributed by atoms with Crippen LogP contribution in [0.5, 0.6) is 5.75 Å². The number of carbonyl (C=O) groups excluding carboxylic acids is 1. The summed E-state index contributed by atoms with van der Waals surface area (Å²) >= 11 is 5.99. The Balaban J connectivity index is 2.21. The van der Waals surface area contributed by atoms with Crippen LogP contribution in [-0.2, 0) is 6.54 Å². The lowest BCUT2D eigenvalue weighted by molar-refractivity contribution is 0.102. The molecule has 0 aliphatic rings. The van der Waals surface area contributed by atoms with Gasteiger partial charge < -0.3 is 10.1 Å². The Hall–Kier alpha value is -2.34. The molecule has 6 nitrogen and oxygen atoms in total. The monoisotopic (exact) mass is 307 g/mol. The summed E-state index contributed by atoms with van der Waals surface area (Å²) < 4.78 is 6.26. The first-order chi connectivity index (χ1) is 10.0. The number of ether oxygens (including phenoxy) is 1. The second-order valence-electron chi connectivity index (χ2n) is 4.18. The van der Waals surface area contributed by atoms with E-state index in [2.05, 4.69) is 10.4 Å². The Morgan fingerprint density at radius 3 is 2.76 bits per heavy atom. The lowest BCUT2D eigenvalue weighted by Crippen LogP contribution is -2.25. The standard InChI is InChI=1S/C14H14ClN3O3/c1-3-18-13(19)7-5-11(17-18)14(20)16-9-4-6-12(21-2)10(15)8-9/h4-8H,3H2,1-2H3,(H,16,20). The summed E-state index contributed by atoms with van der Waals surface area (Å²) in [6.07, 6.45) is 0. The fourth-order valence-electron chi connectivity index (χ4n) is 1.74. The van der Waals surface area contributed by atoms with Crippen LogP contribution in [0.25, 0.3) is 0 Å². The first kappa shape index (κ1) is 15.1. The zero-order valence-electron chi connectivity index (χ0n) is 11.6. The van der Waals surface area contributed by atoms with Gasteiger partial charge in [0.05, 0.1) is 12.1 Å². The molecule has 0 spiro atoms. The molecule has 1 amide bonds. The highest BCUT2D eigenvalue weighted by Gasteiger charge is 2.10. The number of benzene rings is 1. The fourth-order valence-corrected chi connectivity index (χ4v) is 1.99. The number of amides is 1. The average Bonchev–Trinajstić information content (AvgIpc) is 2.48. The highest BCUT2D eigenvalue weighted by atomic mass is 35.5. The van der Waals surface area contributed by atoms with Crippen LogP contribution in [0.4, 0.5) is 5.69 Å². The van der Waals surface area contributed by atoms with Gasteiger partial charge in [-0.25, -0.2) is 4.68 Å². The molecular weight excluding hydrogens is 294 g/mol. The Kier molecular flexibility index (Phi) is 4.59. The number of nitrogens with one attached hydrogen (secondary N) is 1. The van der Waals surface area contributed by atoms with Crippen LogP contribution in [-0.4, -0.2) is 22.8 Å². The van der Waals surface area contributed by atoms with Gasteiger partial charge in [0.2, 0.25) is 0 Å². The molecule has 0 saturated carbocycles. The predicted octanol–water partition coefficient (Wildman–Crippen LogP) is 2.18. The van der Waals surface area contributed by atoms with E-state index in [-0.39, 0.29) is 11.3 Å². The molecule has 7 heteroatoms. The molecule has 0 radical (unpaired) electrons. The molecule has 1 aromatic carbocycles. The fraction of sp³-hybridized carbons (Fsp3) is 0.214. The van der Waals surface area contributed by atoms with E-state index in [4.69, 9.17) is 16.3 Å². The van der Waals surface area contributed by atoms with Crippen LogP contribution < -0.4 is 15.6 Å². The van der Waals surface area contributed by atoms with Crippen molar-refractivity contribution in [3.63, 3.8) is 0 Å². The molecule has 0 aliphatic heterocycles. The minimum absolute atomic E-state index is 0.156. The number of methoxy groups -OCH3 is 1. The number of aromatic nitrogens is 2. The summed E-state index contributed by atoms with van der Waals surface area (Å²) in [5, 5.41) is 7.03. The van der Waals surface area contributed by atoms with Crippen LogP contribution in [0.2, 0.25) is 5.02 Å². The molecule has 1 aromatic heterocycles. The van der Waals surface area contributed by atoms with Crippen LogP contribution in [0.15, 0.2) is 35.1 Å². The zero-order valence-corrected chi connectivity index (χ0v) is 12.3. The van der Waals surface area contributed by atoms with E-state index in [1.54, 1.807) is 25.1 Å². The maximum absolute atomic E-state index is 12.1. The van der Waals surface area contributed by atoms with Gasteiger partial charge >= 0.3 is 0 Å². The van der Waals surface area contributed by atoms with Crippen molar-refractivity contribution in [2.75, 3.05) is 12.4 Å². The first-order valence-electron chi connectivity index (χ1n) is 6.28. The summed E-state index contributed by atoms with van der Waals surface area (Å²) in [5.41, 5.74) is 0.423. The second-order valence-corrected chi connectivity index (χ2v) is 4.58. The summed E-state index contributed by atoms with van der Waals surface area (Å²) in [5.74, 6) is 0.103. The van der Waals surface area contributed by atoms with Gasteiger partial charge in [0.1, 0.15) is 11.4 Å². The van der Waals surface area contributed by atoms with E-state index in [1.807, 2.05) is 0 Å². The van der Waals surface area contributed by atoms with Crippen molar-refractivity contribution in [3.8, 4) is 5.75 Å². The molecule has 1 N–H and O–H groups in total. The molecule has 0 fully saturated rings. The van der Waals surface area contributed by atoms with Crippen molar-refractivity contribution in [2.24, 2.45) is 0 Å². The van der Waals surface area contributed by atoms with Gasteiger partial charge in [0.25, 0.3) is 11.5 Å². The van der Waals surface area contributed by atoms with Crippen LogP contribution >= 0.6 is 11.6 Å². The van der Waals surface area contributed by atoms with Crippen LogP contribution in [0.1, 0.15) is 17.4 Å². The normalized spacial score (nSPS) is 10.2. The van der Waals surface area contributed by atoms with Crippen molar-refractivity contribution >= 4 is 23.2 Å². The number of rotatable bonds is 4. The molecule has 0 saturated heterocycles. The van der Waals surface area contributed by atoms with Crippen LogP contribution in [0, 0.1) is 0 Å². The second kappa shape index (κ2) is 6.41. The van der Waals surface area contributed by atoms with Crippen molar-refractivity contribution in [3.05, 3.63) is 51.4 Å². The molecule has 0 bridgehead atoms. The number of aryl methyl sites for hydroxylation is 1. The maximum atomic E-state index is 12.1. The topological polar surface area (TPSA) is 73.2 Å². The summed E-state index contributed by atoms with van der Waals surface area (Å²) in [6.45, 7) is 2.17. The number of halogens is 1. The summed E-state index contributed by atoms with van der Waals surface area (Å²) in [4.78, 5) is 23.5. The Labute approximate surface area is 126 Å². The molecule has 1 heterocycles. The van der Waals surface area contributed by atoms with Crippen molar-refractivity contribution < 1.29 is 9.53 Å². The lowest BCUT2D eigenvalue weighted by Gasteiger charge is -2.08. The third-order valence-corrected chi connectivity index (χ3v) is 3.10. The van der Waals surface area contributed by atoms with E-state index in [0.29, 0.717) is 23.0 Å². The molecule has 0 aliphatic carbocycles. The number of nitrogens with zero attached hydrogens (tertiary/aromatic N) is 2. The van der Waals surface area contributed by atoms with Crippen molar-refractivity contribution in [1.82, 2.24) is 9.78 Å². The Bertz CT molecular complexity index is 728. The average molecular weight is 308 g/mol. The van der Waals surface area contributed by atoms with Crippen LogP contribution in [0.3, 0.4) is 0 Å². The molecule has 2 aromatic rings. The van der Waals surface area contributed by atoms with E-state index < -0.39 is 5.91 Å². The third-order valence-electron chi connectivity index (χ3n) is 2.81. The van der Waals surface area contributed by atoms with E-state index in [9.17, 15) is 9.59 Å². The van der Waals surface area contributed by atoms with E-state index in [0.717, 1.165) is 0 Å². The van der Waals surface area contributed by atoms with Crippen molar-refractivity contribution in [2.45, 2.75) is 13.5 Å². The summed E-state index contributed by atoms with van der Waals surface area (Å²) in [6, 6.07) is 7.59. The van der Waals surface area contributed by atoms with Gasteiger partial charge in [-0.05, 0) is 31.2 Å². The highest BCUT2D eigenvalue weighted by molar-refractivity contribution is 6.32. The molecular formula is C14H14ClN3O3. The van der Waals surface area contributed by atoms with E-state index in [1.165, 1.54) is 23.9 Å². The number of carbonyl (C=O) groups is 1. The maximum Gasteiger partial charge on any atom is 0.276 e. The smallest absolute Gasteiger partial charge is 0.276 e. The van der Waals surface area contributed by atoms with Gasteiger partial charge in [-0.15, -0.1) is 0 Å². The highest BCUT2D eigenvalue weighted by Crippen LogP contribution is 2.27. The third kappa shape index (κ3) is 3.41. The number of anilines is 1. The lowest BCUT2D eigenvalue weighted by atomic mass is 10.3. The Morgan fingerprint density at radius 2 is 2.14 bits per heavy atom. The van der Waals surface area contributed by atoms with Gasteiger partial charge in [-0.3, -0.25) is 9.59 Å². The zero-order chi connectivity index (χ0) is 15.4. The molecule has 2 rings (SSSR count). The minimum atomic E-state index is -0.418. The Morgan fingerprint density at radius 1 is 1.38 bits per heavy atom. The number of hydrogen-bond acceptors (Lipinski definition) is 4. The number of hydrogen-bond donors (Lipinski definition) is 1. The van der Waals surface area contributed by atoms with Gasteiger partial charge in [-0.1, -0.05) is 11.6 Å². The summed E-state index contributed by atoms with van der Waals surface area (Å²) in [7, 11) is 1.51. The van der Waals surface area contributed by atoms with Gasteiger partial charge in [0, 0.05) is 18.3 Å². The molecule has 0 unspecified atom stereocenters. The predicted molar refractivity (Wildman–Crippen MR) is 80.1 cm³/mol. The van der Waals surface area contributed by atoms with Gasteiger partial charge in [-0.2, -0.15) is 5.10 Å². The first-order valence-corrected chi connectivity index (χ1v) is 6.66. The molecule has 21 heavy (non-hydrogen) atoms. The van der Waals surface area contributed by atoms with Gasteiger partial charge in [0.15, 0.2) is 0 Å². The SMILES string of the molecule is CCn1nc(C(=O)Nc2ccc(OC)c(Cl)c2)ccc1=O.